The molecule has 1 aliphatic heterocycles. The van der Waals surface area contributed by atoms with E-state index >= 15 is 0 Å². The molecule has 2 N–H and O–H groups in total. The van der Waals surface area contributed by atoms with Crippen LogP contribution in [0.3, 0.4) is 0 Å². The van der Waals surface area contributed by atoms with Gasteiger partial charge in [0.25, 0.3) is 0 Å². The van der Waals surface area contributed by atoms with E-state index in [4.69, 9.17) is 0 Å². The Morgan fingerprint density at radius 3 is 2.73 bits per heavy atom. The van der Waals surface area contributed by atoms with Crippen LogP contribution in [0.2, 0.25) is 0 Å². The largest absolute Gasteiger partial charge is 0.357 e. The topological polar surface area (TPSA) is 73.8 Å². The van der Waals surface area contributed by atoms with Gasteiger partial charge in [0.05, 0.1) is 12.3 Å². The molecule has 8 heteroatoms. The maximum atomic E-state index is 11.4. The Kier molecular flexibility index (Phi) is 8.56. The summed E-state index contributed by atoms with van der Waals surface area (Å²) in [5.41, 5.74) is 0. The summed E-state index contributed by atoms with van der Waals surface area (Å²) >= 11 is 2.03. The SMILES string of the molecule is CCNC(=NCCNS(=O)(=O)CC)N1CCSC(C(C)C)C1. The van der Waals surface area contributed by atoms with Crippen molar-refractivity contribution in [3.05, 3.63) is 0 Å². The molecule has 0 saturated carbocycles. The van der Waals surface area contributed by atoms with Crippen LogP contribution in [0.5, 0.6) is 0 Å². The maximum absolute atomic E-state index is 11.4. The molecule has 6 nitrogen and oxygen atoms in total. The molecule has 1 atom stereocenters. The fraction of sp³-hybridized carbons (Fsp3) is 0.929. The van der Waals surface area contributed by atoms with Crippen molar-refractivity contribution in [3.63, 3.8) is 0 Å². The van der Waals surface area contributed by atoms with E-state index in [-0.39, 0.29) is 5.75 Å². The zero-order valence-corrected chi connectivity index (χ0v) is 15.8. The molecular weight excluding hydrogens is 320 g/mol. The minimum absolute atomic E-state index is 0.107. The lowest BCUT2D eigenvalue weighted by atomic mass is 10.1. The van der Waals surface area contributed by atoms with Gasteiger partial charge in [-0.05, 0) is 19.8 Å². The second-order valence-electron chi connectivity index (χ2n) is 5.63. The van der Waals surface area contributed by atoms with Gasteiger partial charge < -0.3 is 10.2 Å². The summed E-state index contributed by atoms with van der Waals surface area (Å²) in [5, 5.41) is 3.93. The Hall–Kier alpha value is -0.470. The highest BCUT2D eigenvalue weighted by Crippen LogP contribution is 2.24. The molecule has 22 heavy (non-hydrogen) atoms. The fourth-order valence-corrected chi connectivity index (χ4v) is 4.07. The van der Waals surface area contributed by atoms with Gasteiger partial charge in [0, 0.05) is 37.2 Å². The van der Waals surface area contributed by atoms with Gasteiger partial charge in [-0.2, -0.15) is 11.8 Å². The zero-order chi connectivity index (χ0) is 16.6. The van der Waals surface area contributed by atoms with Crippen molar-refractivity contribution in [1.29, 1.82) is 0 Å². The fourth-order valence-electron chi connectivity index (χ4n) is 2.16. The third-order valence-corrected chi connectivity index (χ3v) is 6.49. The molecule has 1 rings (SSSR count). The molecule has 0 bridgehead atoms. The van der Waals surface area contributed by atoms with E-state index in [9.17, 15) is 8.42 Å². The number of nitrogens with one attached hydrogen (secondary N) is 2. The van der Waals surface area contributed by atoms with E-state index in [1.165, 1.54) is 0 Å². The van der Waals surface area contributed by atoms with Gasteiger partial charge in [-0.3, -0.25) is 4.99 Å². The summed E-state index contributed by atoms with van der Waals surface area (Å²) in [6.45, 7) is 11.8. The summed E-state index contributed by atoms with van der Waals surface area (Å²) in [6.07, 6.45) is 0. The van der Waals surface area contributed by atoms with Crippen molar-refractivity contribution in [2.24, 2.45) is 10.9 Å². The Labute approximate surface area is 139 Å². The second-order valence-corrected chi connectivity index (χ2v) is 9.08. The second kappa shape index (κ2) is 9.62. The molecule has 1 saturated heterocycles. The number of rotatable bonds is 7. The summed E-state index contributed by atoms with van der Waals surface area (Å²) < 4.78 is 25.4. The average molecular weight is 351 g/mol. The predicted octanol–water partition coefficient (Wildman–Crippen LogP) is 0.965. The van der Waals surface area contributed by atoms with Gasteiger partial charge in [-0.25, -0.2) is 13.1 Å². The Balaban J connectivity index is 2.58. The van der Waals surface area contributed by atoms with Crippen LogP contribution in [0, 0.1) is 5.92 Å². The van der Waals surface area contributed by atoms with E-state index in [0.29, 0.717) is 24.3 Å². The lowest BCUT2D eigenvalue weighted by Gasteiger charge is -2.36. The number of hydrogen-bond acceptors (Lipinski definition) is 4. The Morgan fingerprint density at radius 1 is 1.41 bits per heavy atom. The molecule has 1 heterocycles. The van der Waals surface area contributed by atoms with Crippen molar-refractivity contribution < 1.29 is 8.42 Å². The Bertz CT molecular complexity index is 452. The van der Waals surface area contributed by atoms with Crippen molar-refractivity contribution in [2.45, 2.75) is 32.9 Å². The first-order valence-corrected chi connectivity index (χ1v) is 10.7. The molecular formula is C14H30N4O2S2. The summed E-state index contributed by atoms with van der Waals surface area (Å²) in [5.74, 6) is 2.75. The average Bonchev–Trinajstić information content (AvgIpc) is 2.50. The minimum atomic E-state index is -3.13. The number of nitrogens with zero attached hydrogens (tertiary/aromatic N) is 2. The van der Waals surface area contributed by atoms with Crippen LogP contribution in [-0.2, 0) is 10.0 Å². The summed E-state index contributed by atoms with van der Waals surface area (Å²) in [4.78, 5) is 6.85. The summed E-state index contributed by atoms with van der Waals surface area (Å²) in [7, 11) is -3.13. The highest BCUT2D eigenvalue weighted by atomic mass is 32.2. The highest BCUT2D eigenvalue weighted by molar-refractivity contribution is 8.00. The van der Waals surface area contributed by atoms with Gasteiger partial charge >= 0.3 is 0 Å². The van der Waals surface area contributed by atoms with Crippen LogP contribution in [0.25, 0.3) is 0 Å². The van der Waals surface area contributed by atoms with Gasteiger partial charge in [0.2, 0.25) is 10.0 Å². The first kappa shape index (κ1) is 19.6. The van der Waals surface area contributed by atoms with E-state index in [2.05, 4.69) is 33.8 Å². The molecule has 0 aromatic rings. The van der Waals surface area contributed by atoms with Gasteiger partial charge in [0.15, 0.2) is 5.96 Å². The molecule has 0 aliphatic carbocycles. The zero-order valence-electron chi connectivity index (χ0n) is 14.1. The van der Waals surface area contributed by atoms with Crippen LogP contribution in [0.1, 0.15) is 27.7 Å². The van der Waals surface area contributed by atoms with E-state index in [1.54, 1.807) is 6.92 Å². The standard InChI is InChI=1S/C14H30N4O2S2/c1-5-15-14(16-7-8-17-22(19,20)6-2)18-9-10-21-13(11-18)12(3)4/h12-13,17H,5-11H2,1-4H3,(H,15,16). The normalized spacial score (nSPS) is 20.5. The van der Waals surface area contributed by atoms with E-state index in [0.717, 1.165) is 31.3 Å². The van der Waals surface area contributed by atoms with Gasteiger partial charge in [0.1, 0.15) is 0 Å². The molecule has 0 amide bonds. The number of aliphatic imine (C=N–C) groups is 1. The molecule has 130 valence electrons. The molecule has 1 aliphatic rings. The number of guanidine groups is 1. The molecule has 0 radical (unpaired) electrons. The first-order valence-electron chi connectivity index (χ1n) is 8.01. The van der Waals surface area contributed by atoms with E-state index in [1.807, 2.05) is 18.7 Å². The third kappa shape index (κ3) is 6.75. The van der Waals surface area contributed by atoms with E-state index < -0.39 is 10.0 Å². The predicted molar refractivity (Wildman–Crippen MR) is 96.1 cm³/mol. The van der Waals surface area contributed by atoms with Crippen LogP contribution in [-0.4, -0.2) is 68.8 Å². The summed E-state index contributed by atoms with van der Waals surface area (Å²) in [6, 6.07) is 0. The van der Waals surface area contributed by atoms with Crippen molar-refractivity contribution in [1.82, 2.24) is 14.9 Å². The first-order chi connectivity index (χ1) is 10.4. The number of sulfonamides is 1. The molecule has 0 spiro atoms. The smallest absolute Gasteiger partial charge is 0.211 e. The molecule has 0 aromatic carbocycles. The van der Waals surface area contributed by atoms with Gasteiger partial charge in [-0.1, -0.05) is 13.8 Å². The highest BCUT2D eigenvalue weighted by Gasteiger charge is 2.24. The van der Waals surface area contributed by atoms with Crippen LogP contribution >= 0.6 is 11.8 Å². The lowest BCUT2D eigenvalue weighted by molar-refractivity contribution is 0.381. The van der Waals surface area contributed by atoms with Crippen LogP contribution in [0.4, 0.5) is 0 Å². The van der Waals surface area contributed by atoms with Crippen molar-refractivity contribution in [2.75, 3.05) is 44.2 Å². The number of thioether (sulfide) groups is 1. The van der Waals surface area contributed by atoms with Crippen LogP contribution in [0.15, 0.2) is 4.99 Å². The number of hydrogen-bond donors (Lipinski definition) is 2. The van der Waals surface area contributed by atoms with Crippen molar-refractivity contribution >= 4 is 27.7 Å². The molecule has 1 unspecified atom stereocenters. The van der Waals surface area contributed by atoms with Crippen LogP contribution < -0.4 is 10.0 Å². The minimum Gasteiger partial charge on any atom is -0.357 e. The van der Waals surface area contributed by atoms with Gasteiger partial charge in [-0.15, -0.1) is 0 Å². The molecule has 1 fully saturated rings. The third-order valence-electron chi connectivity index (χ3n) is 3.55. The Morgan fingerprint density at radius 2 is 2.14 bits per heavy atom. The molecule has 0 aromatic heterocycles. The monoisotopic (exact) mass is 350 g/mol. The lowest BCUT2D eigenvalue weighted by Crippen LogP contribution is -2.49. The van der Waals surface area contributed by atoms with Crippen molar-refractivity contribution in [3.8, 4) is 0 Å². The quantitative estimate of drug-likeness (QED) is 0.406. The maximum Gasteiger partial charge on any atom is 0.211 e.